The van der Waals surface area contributed by atoms with Crippen molar-refractivity contribution in [1.82, 2.24) is 25.1 Å². The van der Waals surface area contributed by atoms with Gasteiger partial charge in [-0.25, -0.2) is 10.1 Å². The van der Waals surface area contributed by atoms with Crippen molar-refractivity contribution >= 4 is 17.3 Å². The Kier molecular flexibility index (Phi) is 7.66. The maximum atomic E-state index is 13.1. The molecule has 11 nitrogen and oxygen atoms in total. The average molecular weight is 551 g/mol. The first-order chi connectivity index (χ1) is 17.8. The van der Waals surface area contributed by atoms with Gasteiger partial charge in [0.05, 0.1) is 43.8 Å². The van der Waals surface area contributed by atoms with Gasteiger partial charge in [0.1, 0.15) is 17.9 Å². The minimum atomic E-state index is -4.87. The Morgan fingerprint density at radius 1 is 1.24 bits per heavy atom. The molecule has 0 aromatic carbocycles. The summed E-state index contributed by atoms with van der Waals surface area (Å²) in [6, 6.07) is -0.922. The van der Waals surface area contributed by atoms with Crippen LogP contribution in [-0.2, 0) is 21.9 Å². The Morgan fingerprint density at radius 2 is 2.00 bits per heavy atom. The van der Waals surface area contributed by atoms with E-state index in [1.54, 1.807) is 16.9 Å². The molecule has 0 saturated carbocycles. The molecule has 1 amide bonds. The van der Waals surface area contributed by atoms with Gasteiger partial charge < -0.3 is 24.6 Å². The molecule has 38 heavy (non-hydrogen) atoms. The number of carbonyl (C=O) groups is 1. The summed E-state index contributed by atoms with van der Waals surface area (Å²) in [5.41, 5.74) is -2.92. The molecule has 1 fully saturated rings. The number of amides is 1. The Morgan fingerprint density at radius 3 is 2.71 bits per heavy atom. The molecule has 2 aliphatic rings. The number of aromatic amines is 1. The molecular formula is C21H23F6N7O4. The molecular weight excluding hydrogens is 528 g/mol. The highest BCUT2D eigenvalue weighted by atomic mass is 19.4. The summed E-state index contributed by atoms with van der Waals surface area (Å²) in [4.78, 5) is 34.4. The van der Waals surface area contributed by atoms with Gasteiger partial charge in [0.2, 0.25) is 17.6 Å². The molecule has 2 aliphatic heterocycles. The molecule has 2 aromatic heterocycles. The van der Waals surface area contributed by atoms with Crippen LogP contribution >= 0.6 is 0 Å². The first kappa shape index (κ1) is 27.4. The number of piperazine rings is 1. The topological polar surface area (TPSA) is 126 Å². The van der Waals surface area contributed by atoms with Crippen LogP contribution in [0.2, 0.25) is 0 Å². The van der Waals surface area contributed by atoms with Crippen molar-refractivity contribution in [2.45, 2.75) is 37.8 Å². The normalized spacial score (nSPS) is 18.3. The molecule has 2 atom stereocenters. The zero-order chi connectivity index (χ0) is 27.7. The van der Waals surface area contributed by atoms with E-state index in [0.717, 1.165) is 12.4 Å². The van der Waals surface area contributed by atoms with Gasteiger partial charge in [-0.15, -0.1) is 0 Å². The van der Waals surface area contributed by atoms with Crippen LogP contribution in [0.3, 0.4) is 0 Å². The van der Waals surface area contributed by atoms with E-state index >= 15 is 0 Å². The third kappa shape index (κ3) is 6.08. The number of anilines is 2. The molecule has 0 aliphatic carbocycles. The van der Waals surface area contributed by atoms with Gasteiger partial charge >= 0.3 is 12.4 Å². The number of hydrogen-bond acceptors (Lipinski definition) is 9. The highest BCUT2D eigenvalue weighted by molar-refractivity contribution is 5.77. The quantitative estimate of drug-likeness (QED) is 0.392. The second-order valence-electron chi connectivity index (χ2n) is 8.74. The number of halogens is 6. The third-order valence-electron chi connectivity index (χ3n) is 5.92. The lowest BCUT2D eigenvalue weighted by atomic mass is 10.1. The maximum Gasteiger partial charge on any atom is 0.451 e. The Labute approximate surface area is 211 Å². The summed E-state index contributed by atoms with van der Waals surface area (Å²) in [6.07, 6.45) is -7.63. The number of ether oxygens (including phenoxy) is 2. The van der Waals surface area contributed by atoms with Crippen molar-refractivity contribution in [2.24, 2.45) is 0 Å². The lowest BCUT2D eigenvalue weighted by molar-refractivity contribution is -0.145. The fourth-order valence-corrected chi connectivity index (χ4v) is 4.19. The number of alkyl halides is 6. The largest absolute Gasteiger partial charge is 0.474 e. The van der Waals surface area contributed by atoms with Gasteiger partial charge in [-0.3, -0.25) is 9.59 Å². The second kappa shape index (κ2) is 10.6. The zero-order valence-electron chi connectivity index (χ0n) is 19.9. The number of H-pyrrole nitrogens is 1. The molecule has 2 unspecified atom stereocenters. The van der Waals surface area contributed by atoms with E-state index in [1.807, 2.05) is 4.90 Å². The molecule has 2 N–H and O–H groups in total. The minimum absolute atomic E-state index is 0.00286. The molecule has 4 rings (SSSR count). The van der Waals surface area contributed by atoms with E-state index in [-0.39, 0.29) is 50.6 Å². The average Bonchev–Trinajstić information content (AvgIpc) is 2.84. The van der Waals surface area contributed by atoms with Crippen LogP contribution in [0, 0.1) is 0 Å². The SMILES string of the molecule is CC(COCCC(=O)N1CCN2c3cnc(C(F)(F)F)nc3OCC2C1)Nc1cn[nH]c(=O)c1C(F)(F)F. The number of fused-ring (bicyclic) bond motifs is 3. The monoisotopic (exact) mass is 551 g/mol. The number of carbonyl (C=O) groups excluding carboxylic acids is 1. The van der Waals surface area contributed by atoms with Crippen LogP contribution in [0.15, 0.2) is 17.2 Å². The number of hydrogen-bond donors (Lipinski definition) is 2. The van der Waals surface area contributed by atoms with Crippen LogP contribution in [0.5, 0.6) is 5.88 Å². The third-order valence-corrected chi connectivity index (χ3v) is 5.92. The lowest BCUT2D eigenvalue weighted by Gasteiger charge is -2.44. The fourth-order valence-electron chi connectivity index (χ4n) is 4.19. The van der Waals surface area contributed by atoms with Gasteiger partial charge in [0.15, 0.2) is 0 Å². The molecule has 0 bridgehead atoms. The van der Waals surface area contributed by atoms with Crippen molar-refractivity contribution in [3.63, 3.8) is 0 Å². The molecule has 0 spiro atoms. The summed E-state index contributed by atoms with van der Waals surface area (Å²) in [6.45, 7) is 2.47. The van der Waals surface area contributed by atoms with Crippen molar-refractivity contribution in [3.05, 3.63) is 34.1 Å². The van der Waals surface area contributed by atoms with Gasteiger partial charge in [-0.2, -0.15) is 36.4 Å². The van der Waals surface area contributed by atoms with Gasteiger partial charge in [-0.1, -0.05) is 0 Å². The van der Waals surface area contributed by atoms with Crippen molar-refractivity contribution in [2.75, 3.05) is 49.7 Å². The number of rotatable bonds is 7. The first-order valence-electron chi connectivity index (χ1n) is 11.4. The maximum absolute atomic E-state index is 13.1. The summed E-state index contributed by atoms with van der Waals surface area (Å²) < 4.78 is 88.9. The predicted molar refractivity (Wildman–Crippen MR) is 119 cm³/mol. The summed E-state index contributed by atoms with van der Waals surface area (Å²) in [5.74, 6) is -1.67. The van der Waals surface area contributed by atoms with Crippen molar-refractivity contribution in [1.29, 1.82) is 0 Å². The van der Waals surface area contributed by atoms with Crippen LogP contribution in [0.1, 0.15) is 24.7 Å². The molecule has 1 saturated heterocycles. The molecule has 0 radical (unpaired) electrons. The van der Waals surface area contributed by atoms with Crippen LogP contribution in [0.4, 0.5) is 37.7 Å². The van der Waals surface area contributed by atoms with Crippen molar-refractivity contribution in [3.8, 4) is 5.88 Å². The highest BCUT2D eigenvalue weighted by Gasteiger charge is 2.40. The van der Waals surface area contributed by atoms with E-state index in [4.69, 9.17) is 9.47 Å². The summed E-state index contributed by atoms with van der Waals surface area (Å²) in [7, 11) is 0. The number of nitrogens with one attached hydrogen (secondary N) is 2. The van der Waals surface area contributed by atoms with E-state index in [1.165, 1.54) is 0 Å². The van der Waals surface area contributed by atoms with Crippen LogP contribution < -0.4 is 20.5 Å². The van der Waals surface area contributed by atoms with E-state index < -0.39 is 41.0 Å². The predicted octanol–water partition coefficient (Wildman–Crippen LogP) is 1.91. The van der Waals surface area contributed by atoms with E-state index in [9.17, 15) is 35.9 Å². The Bertz CT molecular complexity index is 1220. The number of aromatic nitrogens is 4. The lowest BCUT2D eigenvalue weighted by Crippen LogP contribution is -2.58. The minimum Gasteiger partial charge on any atom is -0.474 e. The number of nitrogens with zero attached hydrogens (tertiary/aromatic N) is 5. The summed E-state index contributed by atoms with van der Waals surface area (Å²) in [5, 5.41) is 7.68. The second-order valence-corrected chi connectivity index (χ2v) is 8.74. The molecule has 2 aromatic rings. The molecule has 17 heteroatoms. The Balaban J connectivity index is 1.24. The van der Waals surface area contributed by atoms with Crippen LogP contribution in [0.25, 0.3) is 0 Å². The zero-order valence-corrected chi connectivity index (χ0v) is 19.9. The molecule has 4 heterocycles. The first-order valence-corrected chi connectivity index (χ1v) is 11.4. The van der Waals surface area contributed by atoms with E-state index in [2.05, 4.69) is 20.4 Å². The smallest absolute Gasteiger partial charge is 0.451 e. The Hall–Kier alpha value is -3.63. The van der Waals surface area contributed by atoms with Crippen molar-refractivity contribution < 1.29 is 40.6 Å². The van der Waals surface area contributed by atoms with Gasteiger partial charge in [-0.05, 0) is 6.92 Å². The van der Waals surface area contributed by atoms with Gasteiger partial charge in [0.25, 0.3) is 5.56 Å². The van der Waals surface area contributed by atoms with Gasteiger partial charge in [0, 0.05) is 25.7 Å². The fraction of sp³-hybridized carbons (Fsp3) is 0.571. The summed E-state index contributed by atoms with van der Waals surface area (Å²) >= 11 is 0. The highest BCUT2D eigenvalue weighted by Crippen LogP contribution is 2.36. The van der Waals surface area contributed by atoms with Crippen LogP contribution in [-0.4, -0.2) is 82.5 Å². The molecule has 208 valence electrons. The standard InChI is InChI=1S/C21H23F6N7O4/c1-11(30-13-6-29-32-17(36)16(13)20(22,23)24)9-37-5-2-15(35)33-3-4-34-12(8-33)10-38-18-14(34)7-28-19(31-18)21(25,26)27/h6-7,11-12H,2-5,8-10H2,1H3,(H2,30,32,36). The van der Waals surface area contributed by atoms with E-state index in [0.29, 0.717) is 18.8 Å².